The second-order valence-electron chi connectivity index (χ2n) is 5.75. The molecule has 2 atom stereocenters. The summed E-state index contributed by atoms with van der Waals surface area (Å²) in [6, 6.07) is 8.61. The molecule has 2 saturated carbocycles. The minimum Gasteiger partial charge on any atom is -0.385 e. The van der Waals surface area contributed by atoms with E-state index in [1.165, 1.54) is 24.8 Å². The van der Waals surface area contributed by atoms with Gasteiger partial charge >= 0.3 is 0 Å². The highest BCUT2D eigenvalue weighted by atomic mass is 16.3. The first kappa shape index (κ1) is 10.3. The van der Waals surface area contributed by atoms with Crippen molar-refractivity contribution in [3.8, 4) is 0 Å². The maximum Gasteiger partial charge on any atom is 0.0960 e. The predicted octanol–water partition coefficient (Wildman–Crippen LogP) is 3.43. The zero-order valence-electron chi connectivity index (χ0n) is 10.1. The van der Waals surface area contributed by atoms with Crippen LogP contribution in [0.5, 0.6) is 0 Å². The molecule has 1 aromatic rings. The molecule has 2 aliphatic rings. The van der Waals surface area contributed by atoms with E-state index in [0.717, 1.165) is 5.56 Å². The summed E-state index contributed by atoms with van der Waals surface area (Å²) in [4.78, 5) is 0. The topological polar surface area (TPSA) is 20.2 Å². The zero-order chi connectivity index (χ0) is 11.3. The highest BCUT2D eigenvalue weighted by Crippen LogP contribution is 2.66. The van der Waals surface area contributed by atoms with Crippen molar-refractivity contribution in [2.75, 3.05) is 0 Å². The van der Waals surface area contributed by atoms with Crippen LogP contribution < -0.4 is 0 Å². The van der Waals surface area contributed by atoms with Crippen molar-refractivity contribution >= 4 is 0 Å². The molecule has 86 valence electrons. The summed E-state index contributed by atoms with van der Waals surface area (Å²) >= 11 is 0. The van der Waals surface area contributed by atoms with E-state index in [4.69, 9.17) is 0 Å². The second-order valence-corrected chi connectivity index (χ2v) is 5.75. The molecule has 0 radical (unpaired) electrons. The third-order valence-electron chi connectivity index (χ3n) is 4.58. The van der Waals surface area contributed by atoms with Gasteiger partial charge < -0.3 is 5.11 Å². The lowest BCUT2D eigenvalue weighted by molar-refractivity contribution is 0.105. The Kier molecular flexibility index (Phi) is 2.16. The zero-order valence-corrected chi connectivity index (χ0v) is 10.1. The quantitative estimate of drug-likeness (QED) is 0.803. The Morgan fingerprint density at radius 2 is 1.69 bits per heavy atom. The fraction of sp³-hybridized carbons (Fsp3) is 0.600. The molecule has 0 heterocycles. The standard InChI is InChI=1S/C15H20O/c1-10(2)11-6-8-12(9-7-11)15(16)13-4-3-5-14(13)15/h6-10,13-14,16H,3-5H2,1-2H3. The molecule has 0 aliphatic heterocycles. The average molecular weight is 216 g/mol. The smallest absolute Gasteiger partial charge is 0.0960 e. The van der Waals surface area contributed by atoms with Gasteiger partial charge in [-0.2, -0.15) is 0 Å². The monoisotopic (exact) mass is 216 g/mol. The average Bonchev–Trinajstić information content (AvgIpc) is 2.69. The maximum atomic E-state index is 10.6. The van der Waals surface area contributed by atoms with Crippen LogP contribution in [0.15, 0.2) is 24.3 Å². The number of hydrogen-bond donors (Lipinski definition) is 1. The Balaban J connectivity index is 1.86. The Hall–Kier alpha value is -0.820. The maximum absolute atomic E-state index is 10.6. The van der Waals surface area contributed by atoms with Gasteiger partial charge in [0.2, 0.25) is 0 Å². The molecule has 1 N–H and O–H groups in total. The van der Waals surface area contributed by atoms with E-state index in [-0.39, 0.29) is 0 Å². The van der Waals surface area contributed by atoms with Gasteiger partial charge in [-0.15, -0.1) is 0 Å². The van der Waals surface area contributed by atoms with Crippen LogP contribution in [0.1, 0.15) is 50.2 Å². The minimum absolute atomic E-state index is 0.465. The summed E-state index contributed by atoms with van der Waals surface area (Å²) in [5.74, 6) is 1.68. The molecule has 2 fully saturated rings. The summed E-state index contributed by atoms with van der Waals surface area (Å²) in [5.41, 5.74) is 2.04. The highest BCUT2D eigenvalue weighted by molar-refractivity contribution is 5.36. The van der Waals surface area contributed by atoms with Crippen LogP contribution in [-0.4, -0.2) is 5.11 Å². The molecular formula is C15H20O. The van der Waals surface area contributed by atoms with Crippen LogP contribution in [0.25, 0.3) is 0 Å². The number of hydrogen-bond acceptors (Lipinski definition) is 1. The number of fused-ring (bicyclic) bond motifs is 1. The summed E-state index contributed by atoms with van der Waals surface area (Å²) in [6.45, 7) is 4.41. The van der Waals surface area contributed by atoms with E-state index < -0.39 is 5.60 Å². The highest BCUT2D eigenvalue weighted by Gasteiger charge is 2.66. The third kappa shape index (κ3) is 1.27. The number of rotatable bonds is 2. The Bertz CT molecular complexity index is 380. The first-order valence-corrected chi connectivity index (χ1v) is 6.47. The van der Waals surface area contributed by atoms with E-state index >= 15 is 0 Å². The summed E-state index contributed by atoms with van der Waals surface area (Å²) in [7, 11) is 0. The molecule has 0 saturated heterocycles. The Morgan fingerprint density at radius 1 is 1.12 bits per heavy atom. The molecule has 0 spiro atoms. The molecule has 1 nitrogen and oxygen atoms in total. The first-order chi connectivity index (χ1) is 7.64. The van der Waals surface area contributed by atoms with Crippen LogP contribution in [-0.2, 0) is 5.60 Å². The van der Waals surface area contributed by atoms with Gasteiger partial charge in [-0.1, -0.05) is 44.5 Å². The van der Waals surface area contributed by atoms with E-state index in [0.29, 0.717) is 17.8 Å². The number of aliphatic hydroxyl groups is 1. The Labute approximate surface area is 97.5 Å². The molecule has 1 aromatic carbocycles. The predicted molar refractivity (Wildman–Crippen MR) is 65.3 cm³/mol. The van der Waals surface area contributed by atoms with Gasteiger partial charge in [0.25, 0.3) is 0 Å². The van der Waals surface area contributed by atoms with Crippen molar-refractivity contribution in [3.05, 3.63) is 35.4 Å². The van der Waals surface area contributed by atoms with Crippen LogP contribution in [0.2, 0.25) is 0 Å². The molecule has 3 rings (SSSR count). The van der Waals surface area contributed by atoms with E-state index in [1.807, 2.05) is 0 Å². The lowest BCUT2D eigenvalue weighted by Gasteiger charge is -2.15. The summed E-state index contributed by atoms with van der Waals surface area (Å²) in [5, 5.41) is 10.6. The van der Waals surface area contributed by atoms with Crippen molar-refractivity contribution < 1.29 is 5.11 Å². The van der Waals surface area contributed by atoms with Crippen molar-refractivity contribution in [2.24, 2.45) is 11.8 Å². The summed E-state index contributed by atoms with van der Waals surface area (Å²) < 4.78 is 0. The van der Waals surface area contributed by atoms with Crippen molar-refractivity contribution in [1.29, 1.82) is 0 Å². The van der Waals surface area contributed by atoms with Gasteiger partial charge in [-0.25, -0.2) is 0 Å². The van der Waals surface area contributed by atoms with E-state index in [9.17, 15) is 5.11 Å². The van der Waals surface area contributed by atoms with Gasteiger partial charge in [0.1, 0.15) is 0 Å². The fourth-order valence-corrected chi connectivity index (χ4v) is 3.48. The molecule has 2 aliphatic carbocycles. The lowest BCUT2D eigenvalue weighted by atomic mass is 9.95. The fourth-order valence-electron chi connectivity index (χ4n) is 3.48. The van der Waals surface area contributed by atoms with E-state index in [1.54, 1.807) is 0 Å². The van der Waals surface area contributed by atoms with E-state index in [2.05, 4.69) is 38.1 Å². The van der Waals surface area contributed by atoms with Crippen molar-refractivity contribution in [3.63, 3.8) is 0 Å². The Morgan fingerprint density at radius 3 is 2.19 bits per heavy atom. The van der Waals surface area contributed by atoms with Gasteiger partial charge in [-0.3, -0.25) is 0 Å². The summed E-state index contributed by atoms with van der Waals surface area (Å²) in [6.07, 6.45) is 3.74. The lowest BCUT2D eigenvalue weighted by Crippen LogP contribution is -2.13. The first-order valence-electron chi connectivity index (χ1n) is 6.47. The van der Waals surface area contributed by atoms with Gasteiger partial charge in [0, 0.05) is 0 Å². The second kappa shape index (κ2) is 3.33. The van der Waals surface area contributed by atoms with Gasteiger partial charge in [0.05, 0.1) is 5.60 Å². The van der Waals surface area contributed by atoms with Crippen molar-refractivity contribution in [1.82, 2.24) is 0 Å². The van der Waals surface area contributed by atoms with Crippen molar-refractivity contribution in [2.45, 2.75) is 44.6 Å². The molecule has 2 unspecified atom stereocenters. The van der Waals surface area contributed by atoms with Gasteiger partial charge in [0.15, 0.2) is 0 Å². The SMILES string of the molecule is CC(C)c1ccc(C2(O)C3CCCC32)cc1. The third-order valence-corrected chi connectivity index (χ3v) is 4.58. The number of benzene rings is 1. The van der Waals surface area contributed by atoms with Crippen LogP contribution in [0, 0.1) is 11.8 Å². The van der Waals surface area contributed by atoms with Gasteiger partial charge in [-0.05, 0) is 41.7 Å². The molecular weight excluding hydrogens is 196 g/mol. The largest absolute Gasteiger partial charge is 0.385 e. The molecule has 0 bridgehead atoms. The van der Waals surface area contributed by atoms with Crippen LogP contribution in [0.4, 0.5) is 0 Å². The molecule has 16 heavy (non-hydrogen) atoms. The molecule has 0 amide bonds. The van der Waals surface area contributed by atoms with Crippen LogP contribution in [0.3, 0.4) is 0 Å². The minimum atomic E-state index is -0.465. The normalized spacial score (nSPS) is 36.5. The van der Waals surface area contributed by atoms with Crippen LogP contribution >= 0.6 is 0 Å². The molecule has 0 aromatic heterocycles. The molecule has 1 heteroatoms.